The van der Waals surface area contributed by atoms with Gasteiger partial charge in [0.05, 0.1) is 0 Å². The van der Waals surface area contributed by atoms with Gasteiger partial charge in [0.2, 0.25) is 0 Å². The fraction of sp³-hybridized carbons (Fsp3) is 0.222. The first-order valence-electron chi connectivity index (χ1n) is 3.64. The number of carboxylic acids is 1. The summed E-state index contributed by atoms with van der Waals surface area (Å²) >= 11 is 0. The Balaban J connectivity index is 0.00000144. The fourth-order valence-corrected chi connectivity index (χ4v) is 0.754. The Morgan fingerprint density at radius 2 is 1.92 bits per heavy atom. The van der Waals surface area contributed by atoms with Gasteiger partial charge in [-0.2, -0.15) is 0 Å². The van der Waals surface area contributed by atoms with Gasteiger partial charge in [0.15, 0.2) is 6.10 Å². The molecule has 0 radical (unpaired) electrons. The average Bonchev–Trinajstić information content (AvgIpc) is 2.06. The molecule has 1 rings (SSSR count). The summed E-state index contributed by atoms with van der Waals surface area (Å²) in [7, 11) is 0. The zero-order valence-electron chi connectivity index (χ0n) is 6.73. The Morgan fingerprint density at radius 1 is 1.38 bits per heavy atom. The van der Waals surface area contributed by atoms with E-state index in [0.29, 0.717) is 5.75 Å². The first-order chi connectivity index (χ1) is 5.70. The molecule has 1 aromatic carbocycles. The van der Waals surface area contributed by atoms with Crippen LogP contribution in [0.15, 0.2) is 30.3 Å². The fourth-order valence-electron chi connectivity index (χ4n) is 0.754. The van der Waals surface area contributed by atoms with Gasteiger partial charge >= 0.3 is 35.5 Å². The summed E-state index contributed by atoms with van der Waals surface area (Å²) < 4.78 is 5.08. The normalized spacial score (nSPS) is 11.2. The molecule has 0 aliphatic heterocycles. The number of hydrogen-bond acceptors (Lipinski definition) is 2. The van der Waals surface area contributed by atoms with Crippen molar-refractivity contribution >= 4 is 35.5 Å². The number of carboxylic acid groups (broad SMARTS) is 1. The van der Waals surface area contributed by atoms with Crippen molar-refractivity contribution in [3.63, 3.8) is 0 Å². The molecule has 0 aliphatic carbocycles. The maximum atomic E-state index is 10.4. The zero-order valence-corrected chi connectivity index (χ0v) is 6.73. The minimum absolute atomic E-state index is 0. The Kier molecular flexibility index (Phi) is 5.79. The van der Waals surface area contributed by atoms with Crippen LogP contribution in [0.4, 0.5) is 0 Å². The molecule has 0 bridgehead atoms. The molecule has 1 aromatic rings. The summed E-state index contributed by atoms with van der Waals surface area (Å²) in [4.78, 5) is 10.4. The zero-order chi connectivity index (χ0) is 8.97. The Morgan fingerprint density at radius 3 is 2.38 bits per heavy atom. The molecule has 0 saturated carbocycles. The second-order valence-corrected chi connectivity index (χ2v) is 2.41. The number of para-hydroxylation sites is 1. The second kappa shape index (κ2) is 6.02. The van der Waals surface area contributed by atoms with Crippen molar-refractivity contribution in [1.29, 1.82) is 0 Å². The van der Waals surface area contributed by atoms with Gasteiger partial charge in [-0.3, -0.25) is 0 Å². The molecule has 66 valence electrons. The second-order valence-electron chi connectivity index (χ2n) is 2.41. The summed E-state index contributed by atoms with van der Waals surface area (Å²) in [5, 5.41) is 8.52. The summed E-state index contributed by atoms with van der Waals surface area (Å²) in [6, 6.07) is 8.88. The van der Waals surface area contributed by atoms with E-state index in [1.165, 1.54) is 6.92 Å². The Hall–Kier alpha value is -0.510. The van der Waals surface area contributed by atoms with Gasteiger partial charge in [0, 0.05) is 0 Å². The molecule has 0 fully saturated rings. The van der Waals surface area contributed by atoms with Crippen LogP contribution in [0.5, 0.6) is 5.75 Å². The summed E-state index contributed by atoms with van der Waals surface area (Å²) in [5.41, 5.74) is 0. The minimum atomic E-state index is -0.959. The van der Waals surface area contributed by atoms with Gasteiger partial charge in [0.25, 0.3) is 0 Å². The van der Waals surface area contributed by atoms with Crippen LogP contribution >= 0.6 is 0 Å². The number of rotatable bonds is 3. The molecular formula is C9H11NaO3. The van der Waals surface area contributed by atoms with Crippen LogP contribution in [0.1, 0.15) is 6.92 Å². The van der Waals surface area contributed by atoms with Crippen LogP contribution in [0.3, 0.4) is 0 Å². The van der Waals surface area contributed by atoms with E-state index in [2.05, 4.69) is 0 Å². The van der Waals surface area contributed by atoms with Gasteiger partial charge in [-0.1, -0.05) is 18.2 Å². The van der Waals surface area contributed by atoms with Crippen LogP contribution < -0.4 is 4.74 Å². The topological polar surface area (TPSA) is 46.5 Å². The molecule has 0 spiro atoms. The van der Waals surface area contributed by atoms with Crippen molar-refractivity contribution in [2.24, 2.45) is 0 Å². The summed E-state index contributed by atoms with van der Waals surface area (Å²) in [5.74, 6) is -0.383. The van der Waals surface area contributed by atoms with Gasteiger partial charge in [-0.25, -0.2) is 4.79 Å². The number of aliphatic carboxylic acids is 1. The number of ether oxygens (including phenoxy) is 1. The van der Waals surface area contributed by atoms with Crippen LogP contribution in [0, 0.1) is 0 Å². The van der Waals surface area contributed by atoms with Crippen LogP contribution in [-0.2, 0) is 4.79 Å². The quantitative estimate of drug-likeness (QED) is 0.720. The van der Waals surface area contributed by atoms with E-state index >= 15 is 0 Å². The predicted molar refractivity (Wildman–Crippen MR) is 51.3 cm³/mol. The van der Waals surface area contributed by atoms with E-state index in [1.807, 2.05) is 6.07 Å². The van der Waals surface area contributed by atoms with Crippen molar-refractivity contribution < 1.29 is 14.6 Å². The summed E-state index contributed by atoms with van der Waals surface area (Å²) in [6.45, 7) is 1.50. The van der Waals surface area contributed by atoms with E-state index < -0.39 is 12.1 Å². The van der Waals surface area contributed by atoms with Crippen molar-refractivity contribution in [1.82, 2.24) is 0 Å². The van der Waals surface area contributed by atoms with Crippen molar-refractivity contribution in [2.75, 3.05) is 0 Å². The number of hydrogen-bond donors (Lipinski definition) is 1. The molecule has 1 N–H and O–H groups in total. The van der Waals surface area contributed by atoms with Crippen LogP contribution in [-0.4, -0.2) is 46.7 Å². The molecule has 0 saturated heterocycles. The predicted octanol–water partition coefficient (Wildman–Crippen LogP) is 0.890. The molecule has 1 unspecified atom stereocenters. The third kappa shape index (κ3) is 4.31. The average molecular weight is 190 g/mol. The Labute approximate surface area is 99.0 Å². The molecule has 3 nitrogen and oxygen atoms in total. The van der Waals surface area contributed by atoms with E-state index in [-0.39, 0.29) is 29.6 Å². The third-order valence-corrected chi connectivity index (χ3v) is 1.40. The van der Waals surface area contributed by atoms with Crippen LogP contribution in [0.25, 0.3) is 0 Å². The SMILES string of the molecule is CC(Oc1ccccc1)C(=O)O.[NaH]. The van der Waals surface area contributed by atoms with Crippen LogP contribution in [0.2, 0.25) is 0 Å². The molecule has 4 heteroatoms. The van der Waals surface area contributed by atoms with E-state index in [9.17, 15) is 4.79 Å². The molecule has 0 aromatic heterocycles. The molecule has 0 amide bonds. The third-order valence-electron chi connectivity index (χ3n) is 1.40. The number of carbonyl (C=O) groups is 1. The standard InChI is InChI=1S/C9H10O3.Na.H/c1-7(9(10)11)12-8-5-3-2-4-6-8;;/h2-7H,1H3,(H,10,11);;. The van der Waals surface area contributed by atoms with E-state index in [0.717, 1.165) is 0 Å². The Bertz CT molecular complexity index is 261. The maximum absolute atomic E-state index is 10.4. The molecule has 13 heavy (non-hydrogen) atoms. The van der Waals surface area contributed by atoms with Gasteiger partial charge in [-0.05, 0) is 19.1 Å². The first kappa shape index (κ1) is 12.5. The van der Waals surface area contributed by atoms with Crippen molar-refractivity contribution in [3.05, 3.63) is 30.3 Å². The van der Waals surface area contributed by atoms with E-state index in [1.54, 1.807) is 24.3 Å². The van der Waals surface area contributed by atoms with Gasteiger partial charge in [-0.15, -0.1) is 0 Å². The van der Waals surface area contributed by atoms with E-state index in [4.69, 9.17) is 9.84 Å². The molecule has 1 atom stereocenters. The summed E-state index contributed by atoms with van der Waals surface area (Å²) in [6.07, 6.45) is -0.799. The van der Waals surface area contributed by atoms with Gasteiger partial charge in [0.1, 0.15) is 5.75 Å². The van der Waals surface area contributed by atoms with Crippen molar-refractivity contribution in [2.45, 2.75) is 13.0 Å². The van der Waals surface area contributed by atoms with Crippen molar-refractivity contribution in [3.8, 4) is 5.75 Å². The monoisotopic (exact) mass is 190 g/mol. The van der Waals surface area contributed by atoms with Gasteiger partial charge < -0.3 is 9.84 Å². The molecule has 0 aliphatic rings. The molecule has 0 heterocycles. The molecular weight excluding hydrogens is 179 g/mol. The number of benzene rings is 1. The first-order valence-corrected chi connectivity index (χ1v) is 3.64.